The van der Waals surface area contributed by atoms with Crippen molar-refractivity contribution in [3.8, 4) is 0 Å². The number of carbonyl (C=O) groups excluding carboxylic acids is 1. The topological polar surface area (TPSA) is 101 Å². The van der Waals surface area contributed by atoms with Crippen molar-refractivity contribution in [1.82, 2.24) is 4.31 Å². The third-order valence-electron chi connectivity index (χ3n) is 2.67. The minimum Gasteiger partial charge on any atom is -0.477 e. The summed E-state index contributed by atoms with van der Waals surface area (Å²) in [4.78, 5) is 22.1. The van der Waals surface area contributed by atoms with Crippen LogP contribution >= 0.6 is 11.3 Å². The van der Waals surface area contributed by atoms with E-state index in [-0.39, 0.29) is 22.9 Å². The molecule has 1 aromatic rings. The number of esters is 1. The lowest BCUT2D eigenvalue weighted by Crippen LogP contribution is -2.37. The second kappa shape index (κ2) is 7.01. The quantitative estimate of drug-likeness (QED) is 0.754. The van der Waals surface area contributed by atoms with Gasteiger partial charge in [-0.2, -0.15) is 4.31 Å². The number of rotatable bonds is 7. The lowest BCUT2D eigenvalue weighted by molar-refractivity contribution is -0.143. The van der Waals surface area contributed by atoms with Crippen molar-refractivity contribution < 1.29 is 27.9 Å². The van der Waals surface area contributed by atoms with E-state index in [4.69, 9.17) is 9.84 Å². The molecule has 0 saturated carbocycles. The first-order valence-corrected chi connectivity index (χ1v) is 8.54. The molecular weight excluding hydrogens is 318 g/mol. The second-order valence-electron chi connectivity index (χ2n) is 4.12. The highest BCUT2D eigenvalue weighted by Gasteiger charge is 2.32. The summed E-state index contributed by atoms with van der Waals surface area (Å²) in [6.07, 6.45) is 0. The third kappa shape index (κ3) is 3.80. The molecule has 0 bridgehead atoms. The lowest BCUT2D eigenvalue weighted by atomic mass is 10.3. The van der Waals surface area contributed by atoms with E-state index < -0.39 is 28.5 Å². The molecule has 0 spiro atoms. The predicted molar refractivity (Wildman–Crippen MR) is 77.1 cm³/mol. The molecular formula is C12H17NO6S2. The van der Waals surface area contributed by atoms with Crippen molar-refractivity contribution in [1.29, 1.82) is 0 Å². The summed E-state index contributed by atoms with van der Waals surface area (Å²) in [5.41, 5.74) is 0.347. The summed E-state index contributed by atoms with van der Waals surface area (Å²) in [5.74, 6) is -1.98. The van der Waals surface area contributed by atoms with Gasteiger partial charge in [0.2, 0.25) is 10.0 Å². The Labute approximate surface area is 127 Å². The molecule has 21 heavy (non-hydrogen) atoms. The molecule has 0 aromatic carbocycles. The Hall–Kier alpha value is -1.45. The molecule has 0 radical (unpaired) electrons. The first-order valence-electron chi connectivity index (χ1n) is 6.22. The first-order chi connectivity index (χ1) is 9.75. The van der Waals surface area contributed by atoms with Gasteiger partial charge in [0.1, 0.15) is 16.3 Å². The molecule has 0 saturated heterocycles. The summed E-state index contributed by atoms with van der Waals surface area (Å²) < 4.78 is 30.8. The molecule has 0 atom stereocenters. The second-order valence-corrected chi connectivity index (χ2v) is 6.87. The number of likely N-dealkylation sites (N-methyl/N-ethyl adjacent to an activating group) is 1. The number of carbonyl (C=O) groups is 2. The normalized spacial score (nSPS) is 11.6. The van der Waals surface area contributed by atoms with Crippen LogP contribution in [0.15, 0.2) is 10.3 Å². The van der Waals surface area contributed by atoms with Crippen LogP contribution in [-0.4, -0.2) is 49.5 Å². The zero-order chi connectivity index (χ0) is 16.2. The third-order valence-corrected chi connectivity index (χ3v) is 6.00. The van der Waals surface area contributed by atoms with Crippen LogP contribution in [0.5, 0.6) is 0 Å². The standard InChI is InChI=1S/C12H17NO6S2/c1-4-13(6-9(14)19-5-2)21(17,18)11-8(3)7-20-10(11)12(15)16/h7H,4-6H2,1-3H3,(H,15,16). The zero-order valence-electron chi connectivity index (χ0n) is 12.0. The van der Waals surface area contributed by atoms with Crippen molar-refractivity contribution >= 4 is 33.3 Å². The first kappa shape index (κ1) is 17.6. The Morgan fingerprint density at radius 1 is 1.38 bits per heavy atom. The molecule has 1 rings (SSSR count). The molecule has 0 aliphatic heterocycles. The van der Waals surface area contributed by atoms with Crippen LogP contribution < -0.4 is 0 Å². The summed E-state index contributed by atoms with van der Waals surface area (Å²) in [5, 5.41) is 10.6. The monoisotopic (exact) mass is 335 g/mol. The average Bonchev–Trinajstić information content (AvgIpc) is 2.78. The number of hydrogen-bond donors (Lipinski definition) is 1. The maximum absolute atomic E-state index is 12.6. The van der Waals surface area contributed by atoms with Crippen LogP contribution in [0.1, 0.15) is 29.1 Å². The fourth-order valence-electron chi connectivity index (χ4n) is 1.75. The van der Waals surface area contributed by atoms with Crippen LogP contribution in [0.25, 0.3) is 0 Å². The predicted octanol–water partition coefficient (Wildman–Crippen LogP) is 1.33. The van der Waals surface area contributed by atoms with Gasteiger partial charge in [0.15, 0.2) is 0 Å². The van der Waals surface area contributed by atoms with Crippen LogP contribution in [0.2, 0.25) is 0 Å². The Morgan fingerprint density at radius 2 is 2.00 bits per heavy atom. The summed E-state index contributed by atoms with van der Waals surface area (Å²) in [6, 6.07) is 0. The number of aromatic carboxylic acids is 1. The molecule has 0 aliphatic rings. The highest BCUT2D eigenvalue weighted by molar-refractivity contribution is 7.89. The summed E-state index contributed by atoms with van der Waals surface area (Å²) >= 11 is 0.847. The largest absolute Gasteiger partial charge is 0.477 e. The molecule has 7 nitrogen and oxygen atoms in total. The number of ether oxygens (including phenoxy) is 1. The minimum atomic E-state index is -4.07. The van der Waals surface area contributed by atoms with Gasteiger partial charge in [-0.15, -0.1) is 11.3 Å². The maximum Gasteiger partial charge on any atom is 0.347 e. The summed E-state index contributed by atoms with van der Waals surface area (Å²) in [7, 11) is -4.07. The molecule has 0 amide bonds. The smallest absolute Gasteiger partial charge is 0.347 e. The van der Waals surface area contributed by atoms with E-state index >= 15 is 0 Å². The molecule has 9 heteroatoms. The summed E-state index contributed by atoms with van der Waals surface area (Å²) in [6.45, 7) is 4.45. The van der Waals surface area contributed by atoms with Crippen LogP contribution in [0, 0.1) is 6.92 Å². The molecule has 0 aliphatic carbocycles. The van der Waals surface area contributed by atoms with Crippen molar-refractivity contribution in [2.45, 2.75) is 25.7 Å². The van der Waals surface area contributed by atoms with E-state index in [1.807, 2.05) is 0 Å². The van der Waals surface area contributed by atoms with Gasteiger partial charge in [0, 0.05) is 6.54 Å². The van der Waals surface area contributed by atoms with E-state index in [0.717, 1.165) is 15.6 Å². The van der Waals surface area contributed by atoms with Crippen molar-refractivity contribution in [2.24, 2.45) is 0 Å². The molecule has 0 unspecified atom stereocenters. The van der Waals surface area contributed by atoms with Crippen molar-refractivity contribution in [2.75, 3.05) is 19.7 Å². The number of carboxylic acid groups (broad SMARTS) is 1. The zero-order valence-corrected chi connectivity index (χ0v) is 13.6. The van der Waals surface area contributed by atoms with Crippen LogP contribution in [0.4, 0.5) is 0 Å². The fourth-order valence-corrected chi connectivity index (χ4v) is 4.73. The van der Waals surface area contributed by atoms with Crippen LogP contribution in [0.3, 0.4) is 0 Å². The van der Waals surface area contributed by atoms with Gasteiger partial charge in [-0.3, -0.25) is 4.79 Å². The lowest BCUT2D eigenvalue weighted by Gasteiger charge is -2.19. The van der Waals surface area contributed by atoms with Gasteiger partial charge in [-0.05, 0) is 24.8 Å². The van der Waals surface area contributed by atoms with Gasteiger partial charge in [0.05, 0.1) is 6.61 Å². The van der Waals surface area contributed by atoms with E-state index in [2.05, 4.69) is 0 Å². The fraction of sp³-hybridized carbons (Fsp3) is 0.500. The Kier molecular flexibility index (Phi) is 5.87. The number of carboxylic acids is 1. The van der Waals surface area contributed by atoms with Gasteiger partial charge in [-0.1, -0.05) is 6.92 Å². The van der Waals surface area contributed by atoms with Gasteiger partial charge in [-0.25, -0.2) is 13.2 Å². The van der Waals surface area contributed by atoms with Crippen LogP contribution in [-0.2, 0) is 19.6 Å². The molecule has 0 fully saturated rings. The van der Waals surface area contributed by atoms with Crippen molar-refractivity contribution in [3.05, 3.63) is 15.8 Å². The Bertz CT molecular complexity index is 634. The van der Waals surface area contributed by atoms with E-state index in [9.17, 15) is 18.0 Å². The SMILES string of the molecule is CCOC(=O)CN(CC)S(=O)(=O)c1c(C)csc1C(=O)O. The number of hydrogen-bond acceptors (Lipinski definition) is 6. The molecule has 118 valence electrons. The van der Waals surface area contributed by atoms with Gasteiger partial charge >= 0.3 is 11.9 Å². The number of aryl methyl sites for hydroxylation is 1. The minimum absolute atomic E-state index is 0.0372. The van der Waals surface area contributed by atoms with E-state index in [1.165, 1.54) is 12.3 Å². The highest BCUT2D eigenvalue weighted by atomic mass is 32.2. The average molecular weight is 335 g/mol. The van der Waals surface area contributed by atoms with Gasteiger partial charge < -0.3 is 9.84 Å². The number of thiophene rings is 1. The Morgan fingerprint density at radius 3 is 2.48 bits per heavy atom. The van der Waals surface area contributed by atoms with Crippen molar-refractivity contribution in [3.63, 3.8) is 0 Å². The van der Waals surface area contributed by atoms with E-state index in [1.54, 1.807) is 13.8 Å². The molecule has 1 N–H and O–H groups in total. The Balaban J connectivity index is 3.22. The molecule has 1 aromatic heterocycles. The van der Waals surface area contributed by atoms with E-state index in [0.29, 0.717) is 5.56 Å². The maximum atomic E-state index is 12.6. The number of nitrogens with zero attached hydrogens (tertiary/aromatic N) is 1. The highest BCUT2D eigenvalue weighted by Crippen LogP contribution is 2.29. The van der Waals surface area contributed by atoms with Gasteiger partial charge in [0.25, 0.3) is 0 Å². The molecule has 1 heterocycles. The number of sulfonamides is 1.